The monoisotopic (exact) mass is 310 g/mol. The summed E-state index contributed by atoms with van der Waals surface area (Å²) >= 11 is 0. The van der Waals surface area contributed by atoms with Gasteiger partial charge in [0, 0.05) is 19.6 Å². The Morgan fingerprint density at radius 2 is 1.95 bits per heavy atom. The van der Waals surface area contributed by atoms with Gasteiger partial charge in [-0.2, -0.15) is 4.31 Å². The predicted molar refractivity (Wildman–Crippen MR) is 85.5 cm³/mol. The molecule has 0 amide bonds. The molecule has 0 spiro atoms. The molecule has 4 nitrogen and oxygen atoms in total. The molecule has 1 aliphatic rings. The van der Waals surface area contributed by atoms with Crippen LogP contribution in [-0.4, -0.2) is 25.8 Å². The summed E-state index contributed by atoms with van der Waals surface area (Å²) in [5.74, 6) is 0.679. The maximum absolute atomic E-state index is 12.8. The van der Waals surface area contributed by atoms with Gasteiger partial charge < -0.3 is 5.73 Å². The lowest BCUT2D eigenvalue weighted by atomic mass is 9.94. The van der Waals surface area contributed by atoms with E-state index in [4.69, 9.17) is 5.73 Å². The quantitative estimate of drug-likeness (QED) is 0.909. The second-order valence-corrected chi connectivity index (χ2v) is 7.85. The number of hydrogen-bond acceptors (Lipinski definition) is 3. The number of sulfonamides is 1. The average molecular weight is 310 g/mol. The Bertz CT molecular complexity index is 576. The molecule has 1 aromatic carbocycles. The first-order chi connectivity index (χ1) is 9.98. The standard InChI is InChI=1S/C16H26N2O2S/c1-3-4-14-7-9-18(10-8-14)21(19,20)16-11-15(12-17)6-5-13(16)2/h5-6,11,14H,3-4,7-10,12,17H2,1-2H3. The molecule has 21 heavy (non-hydrogen) atoms. The second kappa shape index (κ2) is 6.90. The largest absolute Gasteiger partial charge is 0.326 e. The third-order valence-corrected chi connectivity index (χ3v) is 6.42. The van der Waals surface area contributed by atoms with Crippen LogP contribution >= 0.6 is 0 Å². The predicted octanol–water partition coefficient (Wildman–Crippen LogP) is 2.65. The van der Waals surface area contributed by atoms with Crippen molar-refractivity contribution in [3.8, 4) is 0 Å². The van der Waals surface area contributed by atoms with E-state index in [1.165, 1.54) is 12.8 Å². The molecule has 0 aliphatic carbocycles. The zero-order chi connectivity index (χ0) is 15.5. The number of piperidine rings is 1. The van der Waals surface area contributed by atoms with Crippen LogP contribution in [0.25, 0.3) is 0 Å². The van der Waals surface area contributed by atoms with Gasteiger partial charge in [-0.25, -0.2) is 8.42 Å². The van der Waals surface area contributed by atoms with Crippen LogP contribution in [0.5, 0.6) is 0 Å². The summed E-state index contributed by atoms with van der Waals surface area (Å²) in [7, 11) is -3.39. The van der Waals surface area contributed by atoms with Gasteiger partial charge in [0.15, 0.2) is 0 Å². The molecule has 118 valence electrons. The fourth-order valence-electron chi connectivity index (χ4n) is 3.04. The Balaban J connectivity index is 2.19. The van der Waals surface area contributed by atoms with Crippen LogP contribution in [0.2, 0.25) is 0 Å². The summed E-state index contributed by atoms with van der Waals surface area (Å²) in [6.07, 6.45) is 4.33. The average Bonchev–Trinajstić information content (AvgIpc) is 2.48. The molecule has 5 heteroatoms. The van der Waals surface area contributed by atoms with Crippen molar-refractivity contribution in [2.45, 2.75) is 51.0 Å². The van der Waals surface area contributed by atoms with Gasteiger partial charge in [-0.05, 0) is 42.9 Å². The number of aryl methyl sites for hydroxylation is 1. The molecule has 1 aliphatic heterocycles. The topological polar surface area (TPSA) is 63.4 Å². The first-order valence-corrected chi connectivity index (χ1v) is 9.22. The smallest absolute Gasteiger partial charge is 0.243 e. The van der Waals surface area contributed by atoms with Crippen LogP contribution < -0.4 is 5.73 Å². The van der Waals surface area contributed by atoms with Gasteiger partial charge in [0.25, 0.3) is 0 Å². The number of nitrogens with two attached hydrogens (primary N) is 1. The van der Waals surface area contributed by atoms with Gasteiger partial charge in [-0.15, -0.1) is 0 Å². The molecule has 1 fully saturated rings. The highest BCUT2D eigenvalue weighted by Crippen LogP contribution is 2.28. The van der Waals surface area contributed by atoms with Crippen molar-refractivity contribution < 1.29 is 8.42 Å². The van der Waals surface area contributed by atoms with E-state index in [0.717, 1.165) is 24.0 Å². The maximum atomic E-state index is 12.8. The fourth-order valence-corrected chi connectivity index (χ4v) is 4.78. The Labute approximate surface area is 128 Å². The second-order valence-electron chi connectivity index (χ2n) is 5.94. The van der Waals surface area contributed by atoms with E-state index >= 15 is 0 Å². The molecule has 1 heterocycles. The summed E-state index contributed by atoms with van der Waals surface area (Å²) in [4.78, 5) is 0.416. The first kappa shape index (κ1) is 16.5. The van der Waals surface area contributed by atoms with E-state index in [2.05, 4.69) is 6.92 Å². The summed E-state index contributed by atoms with van der Waals surface area (Å²) in [6.45, 7) is 5.67. The van der Waals surface area contributed by atoms with Gasteiger partial charge in [0.05, 0.1) is 4.90 Å². The zero-order valence-corrected chi connectivity index (χ0v) is 13.8. The highest BCUT2D eigenvalue weighted by molar-refractivity contribution is 7.89. The lowest BCUT2D eigenvalue weighted by Crippen LogP contribution is -2.38. The zero-order valence-electron chi connectivity index (χ0n) is 13.0. The molecule has 0 aromatic heterocycles. The normalized spacial score (nSPS) is 18.0. The van der Waals surface area contributed by atoms with Gasteiger partial charge in [-0.1, -0.05) is 31.9 Å². The van der Waals surface area contributed by atoms with Crippen LogP contribution in [0.4, 0.5) is 0 Å². The minimum absolute atomic E-state index is 0.362. The van der Waals surface area contributed by atoms with Crippen molar-refractivity contribution in [2.75, 3.05) is 13.1 Å². The van der Waals surface area contributed by atoms with Crippen molar-refractivity contribution in [1.29, 1.82) is 0 Å². The third-order valence-electron chi connectivity index (χ3n) is 4.38. The molecule has 0 unspecified atom stereocenters. The lowest BCUT2D eigenvalue weighted by molar-refractivity contribution is 0.262. The van der Waals surface area contributed by atoms with E-state index in [1.54, 1.807) is 10.4 Å². The fraction of sp³-hybridized carbons (Fsp3) is 0.625. The highest BCUT2D eigenvalue weighted by Gasteiger charge is 2.30. The molecule has 0 saturated carbocycles. The third kappa shape index (κ3) is 3.65. The first-order valence-electron chi connectivity index (χ1n) is 7.78. The minimum atomic E-state index is -3.39. The van der Waals surface area contributed by atoms with Crippen LogP contribution in [0, 0.1) is 12.8 Å². The Morgan fingerprint density at radius 1 is 1.29 bits per heavy atom. The summed E-state index contributed by atoms with van der Waals surface area (Å²) < 4.78 is 27.3. The SMILES string of the molecule is CCCC1CCN(S(=O)(=O)c2cc(CN)ccc2C)CC1. The number of benzene rings is 1. The van der Waals surface area contributed by atoms with E-state index in [9.17, 15) is 8.42 Å². The Hall–Kier alpha value is -0.910. The molecule has 0 atom stereocenters. The minimum Gasteiger partial charge on any atom is -0.326 e. The summed E-state index contributed by atoms with van der Waals surface area (Å²) in [6, 6.07) is 5.46. The van der Waals surface area contributed by atoms with Gasteiger partial charge in [0.1, 0.15) is 0 Å². The number of rotatable bonds is 5. The summed E-state index contributed by atoms with van der Waals surface area (Å²) in [5, 5.41) is 0. The van der Waals surface area contributed by atoms with Crippen molar-refractivity contribution in [3.63, 3.8) is 0 Å². The molecule has 1 saturated heterocycles. The Morgan fingerprint density at radius 3 is 2.52 bits per heavy atom. The highest BCUT2D eigenvalue weighted by atomic mass is 32.2. The van der Waals surface area contributed by atoms with Crippen LogP contribution in [0.3, 0.4) is 0 Å². The van der Waals surface area contributed by atoms with Crippen molar-refractivity contribution in [2.24, 2.45) is 11.7 Å². The van der Waals surface area contributed by atoms with Crippen LogP contribution in [0.1, 0.15) is 43.7 Å². The summed E-state index contributed by atoms with van der Waals surface area (Å²) in [5.41, 5.74) is 7.29. The van der Waals surface area contributed by atoms with Gasteiger partial charge in [0.2, 0.25) is 10.0 Å². The lowest BCUT2D eigenvalue weighted by Gasteiger charge is -2.31. The van der Waals surface area contributed by atoms with Crippen molar-refractivity contribution in [3.05, 3.63) is 29.3 Å². The molecule has 0 radical (unpaired) electrons. The molecule has 1 aromatic rings. The van der Waals surface area contributed by atoms with Gasteiger partial charge >= 0.3 is 0 Å². The number of hydrogen-bond donors (Lipinski definition) is 1. The van der Waals surface area contributed by atoms with E-state index in [-0.39, 0.29) is 0 Å². The molecule has 2 N–H and O–H groups in total. The van der Waals surface area contributed by atoms with Crippen molar-refractivity contribution in [1.82, 2.24) is 4.31 Å². The van der Waals surface area contributed by atoms with E-state index in [0.29, 0.717) is 30.4 Å². The Kier molecular flexibility index (Phi) is 5.41. The molecule has 2 rings (SSSR count). The molecule has 0 bridgehead atoms. The van der Waals surface area contributed by atoms with Crippen LogP contribution in [0.15, 0.2) is 23.1 Å². The van der Waals surface area contributed by atoms with E-state index < -0.39 is 10.0 Å². The van der Waals surface area contributed by atoms with Crippen LogP contribution in [-0.2, 0) is 16.6 Å². The van der Waals surface area contributed by atoms with Gasteiger partial charge in [-0.3, -0.25) is 0 Å². The molecular formula is C16H26N2O2S. The van der Waals surface area contributed by atoms with E-state index in [1.807, 2.05) is 19.1 Å². The molecular weight excluding hydrogens is 284 g/mol. The van der Waals surface area contributed by atoms with Crippen molar-refractivity contribution >= 4 is 10.0 Å². The maximum Gasteiger partial charge on any atom is 0.243 e. The number of nitrogens with zero attached hydrogens (tertiary/aromatic N) is 1.